The Morgan fingerprint density at radius 2 is 1.72 bits per heavy atom. The van der Waals surface area contributed by atoms with E-state index < -0.39 is 0 Å². The number of halogens is 1. The van der Waals surface area contributed by atoms with Gasteiger partial charge in [-0.3, -0.25) is 4.79 Å². The van der Waals surface area contributed by atoms with E-state index in [4.69, 9.17) is 11.6 Å². The summed E-state index contributed by atoms with van der Waals surface area (Å²) in [5, 5.41) is 0.724. The minimum Gasteiger partial charge on any atom is -0.341 e. The molecule has 4 heteroatoms. The SMILES string of the molecule is O=C(Cc1ccc(Cl)cc1)N1CC2(CN(CCC3CCCCC3)C2)C1. The Bertz CT molecular complexity index is 595. The second kappa shape index (κ2) is 7.28. The number of rotatable bonds is 5. The Balaban J connectivity index is 1.15. The number of benzene rings is 1. The van der Waals surface area contributed by atoms with Crippen molar-refractivity contribution in [2.45, 2.75) is 44.9 Å². The van der Waals surface area contributed by atoms with Gasteiger partial charge in [-0.15, -0.1) is 0 Å². The molecule has 1 saturated carbocycles. The third-order valence-electron chi connectivity index (χ3n) is 6.37. The van der Waals surface area contributed by atoms with Gasteiger partial charge >= 0.3 is 0 Å². The first-order valence-corrected chi connectivity index (χ1v) is 10.2. The molecule has 0 radical (unpaired) electrons. The Hall–Kier alpha value is -1.06. The molecule has 3 aliphatic rings. The second-order valence-electron chi connectivity index (χ2n) is 8.56. The number of hydrogen-bond donors (Lipinski definition) is 0. The Labute approximate surface area is 156 Å². The van der Waals surface area contributed by atoms with Crippen LogP contribution in [-0.4, -0.2) is 48.4 Å². The summed E-state index contributed by atoms with van der Waals surface area (Å²) in [5.74, 6) is 1.23. The van der Waals surface area contributed by atoms with Crippen LogP contribution < -0.4 is 0 Å². The van der Waals surface area contributed by atoms with E-state index in [0.717, 1.165) is 29.6 Å². The molecule has 0 atom stereocenters. The van der Waals surface area contributed by atoms with Crippen LogP contribution in [0.4, 0.5) is 0 Å². The van der Waals surface area contributed by atoms with Crippen molar-refractivity contribution in [3.8, 4) is 0 Å². The van der Waals surface area contributed by atoms with Crippen LogP contribution in [0.25, 0.3) is 0 Å². The van der Waals surface area contributed by atoms with Crippen LogP contribution in [0.15, 0.2) is 24.3 Å². The molecule has 3 nitrogen and oxygen atoms in total. The lowest BCUT2D eigenvalue weighted by Gasteiger charge is -2.60. The highest BCUT2D eigenvalue weighted by atomic mass is 35.5. The molecule has 1 spiro atoms. The lowest BCUT2D eigenvalue weighted by atomic mass is 9.72. The topological polar surface area (TPSA) is 23.6 Å². The summed E-state index contributed by atoms with van der Waals surface area (Å²) in [6.07, 6.45) is 9.12. The third kappa shape index (κ3) is 4.03. The Kier molecular flexibility index (Phi) is 5.06. The van der Waals surface area contributed by atoms with Gasteiger partial charge in [0, 0.05) is 36.6 Å². The number of hydrogen-bond acceptors (Lipinski definition) is 2. The van der Waals surface area contributed by atoms with Crippen molar-refractivity contribution in [2.75, 3.05) is 32.7 Å². The van der Waals surface area contributed by atoms with Crippen LogP contribution in [-0.2, 0) is 11.2 Å². The molecule has 0 N–H and O–H groups in total. The fraction of sp³-hybridized carbons (Fsp3) is 0.667. The molecule has 3 fully saturated rings. The standard InChI is InChI=1S/C21H29ClN2O/c22-19-8-6-18(7-9-19)12-20(25)24-15-21(16-24)13-23(14-21)11-10-17-4-2-1-3-5-17/h6-9,17H,1-5,10-16H2. The molecule has 4 rings (SSSR count). The summed E-state index contributed by atoms with van der Waals surface area (Å²) in [4.78, 5) is 17.0. The molecular formula is C21H29ClN2O. The molecule has 2 heterocycles. The van der Waals surface area contributed by atoms with Crippen LogP contribution in [0.2, 0.25) is 5.02 Å². The number of carbonyl (C=O) groups excluding carboxylic acids is 1. The number of nitrogens with zero attached hydrogens (tertiary/aromatic N) is 2. The summed E-state index contributed by atoms with van der Waals surface area (Å²) >= 11 is 5.90. The van der Waals surface area contributed by atoms with Crippen LogP contribution in [0.5, 0.6) is 0 Å². The molecule has 136 valence electrons. The predicted molar refractivity (Wildman–Crippen MR) is 102 cm³/mol. The zero-order valence-electron chi connectivity index (χ0n) is 15.1. The minimum absolute atomic E-state index is 0.258. The minimum atomic E-state index is 0.258. The van der Waals surface area contributed by atoms with Gasteiger partial charge in [0.2, 0.25) is 5.91 Å². The molecule has 0 bridgehead atoms. The van der Waals surface area contributed by atoms with Crippen molar-refractivity contribution in [3.63, 3.8) is 0 Å². The van der Waals surface area contributed by atoms with Gasteiger partial charge in [0.05, 0.1) is 6.42 Å². The van der Waals surface area contributed by atoms with E-state index in [-0.39, 0.29) is 5.91 Å². The van der Waals surface area contributed by atoms with E-state index in [2.05, 4.69) is 4.90 Å². The van der Waals surface area contributed by atoms with Gasteiger partial charge in [0.15, 0.2) is 0 Å². The van der Waals surface area contributed by atoms with E-state index in [1.807, 2.05) is 29.2 Å². The number of amides is 1. The molecule has 2 aliphatic heterocycles. The molecule has 0 unspecified atom stereocenters. The van der Waals surface area contributed by atoms with Crippen LogP contribution in [0.1, 0.15) is 44.1 Å². The number of carbonyl (C=O) groups is 1. The van der Waals surface area contributed by atoms with Gasteiger partial charge in [-0.25, -0.2) is 0 Å². The molecular weight excluding hydrogens is 332 g/mol. The van der Waals surface area contributed by atoms with E-state index in [1.54, 1.807) is 0 Å². The lowest BCUT2D eigenvalue weighted by molar-refractivity contribution is -0.158. The highest BCUT2D eigenvalue weighted by Gasteiger charge is 2.52. The van der Waals surface area contributed by atoms with Crippen LogP contribution in [0, 0.1) is 11.3 Å². The van der Waals surface area contributed by atoms with Gasteiger partial charge < -0.3 is 9.80 Å². The highest BCUT2D eigenvalue weighted by Crippen LogP contribution is 2.40. The van der Waals surface area contributed by atoms with Gasteiger partial charge in [-0.2, -0.15) is 0 Å². The first-order valence-electron chi connectivity index (χ1n) is 9.87. The molecule has 1 amide bonds. The fourth-order valence-corrected chi connectivity index (χ4v) is 5.06. The highest BCUT2D eigenvalue weighted by molar-refractivity contribution is 6.30. The normalized spacial score (nSPS) is 23.3. The summed E-state index contributed by atoms with van der Waals surface area (Å²) < 4.78 is 0. The molecule has 1 aliphatic carbocycles. The van der Waals surface area contributed by atoms with Crippen molar-refractivity contribution < 1.29 is 4.79 Å². The monoisotopic (exact) mass is 360 g/mol. The largest absolute Gasteiger partial charge is 0.341 e. The lowest BCUT2D eigenvalue weighted by Crippen LogP contribution is -2.73. The quantitative estimate of drug-likeness (QED) is 0.792. The van der Waals surface area contributed by atoms with Crippen LogP contribution >= 0.6 is 11.6 Å². The van der Waals surface area contributed by atoms with Crippen molar-refractivity contribution >= 4 is 17.5 Å². The molecule has 0 aromatic heterocycles. The zero-order chi connectivity index (χ0) is 17.3. The first kappa shape index (κ1) is 17.4. The van der Waals surface area contributed by atoms with Gasteiger partial charge in [-0.1, -0.05) is 55.8 Å². The van der Waals surface area contributed by atoms with E-state index >= 15 is 0 Å². The fourth-order valence-electron chi connectivity index (χ4n) is 4.93. The molecule has 25 heavy (non-hydrogen) atoms. The Morgan fingerprint density at radius 1 is 1.04 bits per heavy atom. The maximum Gasteiger partial charge on any atom is 0.227 e. The van der Waals surface area contributed by atoms with E-state index in [0.29, 0.717) is 11.8 Å². The zero-order valence-corrected chi connectivity index (χ0v) is 15.8. The summed E-state index contributed by atoms with van der Waals surface area (Å²) in [6.45, 7) is 5.58. The second-order valence-corrected chi connectivity index (χ2v) is 8.99. The maximum absolute atomic E-state index is 12.4. The van der Waals surface area contributed by atoms with Crippen molar-refractivity contribution in [1.29, 1.82) is 0 Å². The summed E-state index contributed by atoms with van der Waals surface area (Å²) in [5.41, 5.74) is 1.47. The Morgan fingerprint density at radius 3 is 2.40 bits per heavy atom. The third-order valence-corrected chi connectivity index (χ3v) is 6.62. The van der Waals surface area contributed by atoms with Crippen molar-refractivity contribution in [1.82, 2.24) is 9.80 Å². The van der Waals surface area contributed by atoms with Crippen molar-refractivity contribution in [3.05, 3.63) is 34.9 Å². The van der Waals surface area contributed by atoms with Crippen molar-refractivity contribution in [2.24, 2.45) is 11.3 Å². The predicted octanol–water partition coefficient (Wildman–Crippen LogP) is 4.00. The molecule has 2 saturated heterocycles. The molecule has 1 aromatic rings. The maximum atomic E-state index is 12.4. The smallest absolute Gasteiger partial charge is 0.227 e. The summed E-state index contributed by atoms with van der Waals surface area (Å²) in [7, 11) is 0. The average molecular weight is 361 g/mol. The van der Waals surface area contributed by atoms with E-state index in [9.17, 15) is 4.79 Å². The van der Waals surface area contributed by atoms with Gasteiger partial charge in [-0.05, 0) is 36.6 Å². The molecule has 1 aromatic carbocycles. The van der Waals surface area contributed by atoms with Gasteiger partial charge in [0.25, 0.3) is 0 Å². The van der Waals surface area contributed by atoms with E-state index in [1.165, 1.54) is 58.2 Å². The van der Waals surface area contributed by atoms with Crippen LogP contribution in [0.3, 0.4) is 0 Å². The average Bonchev–Trinajstić information content (AvgIpc) is 2.55. The number of likely N-dealkylation sites (tertiary alicyclic amines) is 2. The van der Waals surface area contributed by atoms with Gasteiger partial charge in [0.1, 0.15) is 0 Å². The summed E-state index contributed by atoms with van der Waals surface area (Å²) in [6, 6.07) is 7.62. The first-order chi connectivity index (χ1) is 12.1.